The van der Waals surface area contributed by atoms with E-state index in [9.17, 15) is 14.9 Å². The monoisotopic (exact) mass is 359 g/mol. The SMILES string of the molecule is COc1n[nH]c(C(=O)N2CCN(Cc3ccccc3C)CC2)c1[N+](=O)[O-]. The highest BCUT2D eigenvalue weighted by molar-refractivity contribution is 5.97. The van der Waals surface area contributed by atoms with Gasteiger partial charge in [-0.25, -0.2) is 0 Å². The highest BCUT2D eigenvalue weighted by Crippen LogP contribution is 2.28. The molecule has 0 saturated carbocycles. The molecule has 9 nitrogen and oxygen atoms in total. The van der Waals surface area contributed by atoms with Crippen LogP contribution in [0.1, 0.15) is 21.6 Å². The Bertz CT molecular complexity index is 811. The minimum atomic E-state index is -0.649. The molecule has 138 valence electrons. The minimum Gasteiger partial charge on any atom is -0.475 e. The van der Waals surface area contributed by atoms with Crippen molar-refractivity contribution in [1.29, 1.82) is 0 Å². The largest absolute Gasteiger partial charge is 0.475 e. The van der Waals surface area contributed by atoms with Gasteiger partial charge in [-0.1, -0.05) is 24.3 Å². The van der Waals surface area contributed by atoms with E-state index < -0.39 is 16.5 Å². The quantitative estimate of drug-likeness (QED) is 0.642. The van der Waals surface area contributed by atoms with Crippen molar-refractivity contribution >= 4 is 11.6 Å². The average Bonchev–Trinajstić information content (AvgIpc) is 3.08. The van der Waals surface area contributed by atoms with E-state index in [4.69, 9.17) is 4.74 Å². The number of nitro groups is 1. The summed E-state index contributed by atoms with van der Waals surface area (Å²) in [4.78, 5) is 27.1. The van der Waals surface area contributed by atoms with E-state index in [-0.39, 0.29) is 11.6 Å². The summed E-state index contributed by atoms with van der Waals surface area (Å²) in [5.41, 5.74) is 1.95. The number of carbonyl (C=O) groups is 1. The number of nitrogens with one attached hydrogen (secondary N) is 1. The molecule has 0 aliphatic carbocycles. The number of methoxy groups -OCH3 is 1. The van der Waals surface area contributed by atoms with E-state index in [0.717, 1.165) is 6.54 Å². The number of benzene rings is 1. The van der Waals surface area contributed by atoms with Crippen LogP contribution in [0.4, 0.5) is 5.69 Å². The maximum absolute atomic E-state index is 12.6. The molecule has 1 N–H and O–H groups in total. The highest BCUT2D eigenvalue weighted by atomic mass is 16.6. The van der Waals surface area contributed by atoms with Crippen LogP contribution in [-0.2, 0) is 6.54 Å². The summed E-state index contributed by atoms with van der Waals surface area (Å²) in [7, 11) is 1.28. The van der Waals surface area contributed by atoms with Crippen LogP contribution in [0.25, 0.3) is 0 Å². The molecule has 1 aliphatic heterocycles. The standard InChI is InChI=1S/C17H21N5O4/c1-12-5-3-4-6-13(12)11-20-7-9-21(10-8-20)17(23)14-15(22(24)25)16(26-2)19-18-14/h3-6H,7-11H2,1-2H3,(H,18,19). The lowest BCUT2D eigenvalue weighted by Crippen LogP contribution is -2.48. The Morgan fingerprint density at radius 1 is 1.31 bits per heavy atom. The molecule has 3 rings (SSSR count). The summed E-state index contributed by atoms with van der Waals surface area (Å²) in [5, 5.41) is 17.4. The predicted molar refractivity (Wildman–Crippen MR) is 94.2 cm³/mol. The zero-order valence-electron chi connectivity index (χ0n) is 14.8. The van der Waals surface area contributed by atoms with Gasteiger partial charge in [0.2, 0.25) is 5.69 Å². The van der Waals surface area contributed by atoms with Crippen molar-refractivity contribution in [2.45, 2.75) is 13.5 Å². The Morgan fingerprint density at radius 3 is 2.62 bits per heavy atom. The Balaban J connectivity index is 1.65. The molecule has 1 aliphatic rings. The Morgan fingerprint density at radius 2 is 2.00 bits per heavy atom. The molecule has 1 fully saturated rings. The molecule has 1 aromatic carbocycles. The van der Waals surface area contributed by atoms with Gasteiger partial charge in [-0.05, 0) is 18.1 Å². The molecule has 0 unspecified atom stereocenters. The molecule has 2 aromatic rings. The molecular formula is C17H21N5O4. The second-order valence-corrected chi connectivity index (χ2v) is 6.21. The Kier molecular flexibility index (Phi) is 5.17. The number of amides is 1. The van der Waals surface area contributed by atoms with Crippen molar-refractivity contribution in [3.8, 4) is 5.88 Å². The third-order valence-corrected chi connectivity index (χ3v) is 4.61. The molecule has 9 heteroatoms. The number of aromatic amines is 1. The van der Waals surface area contributed by atoms with Crippen molar-refractivity contribution in [2.24, 2.45) is 0 Å². The van der Waals surface area contributed by atoms with Crippen molar-refractivity contribution in [2.75, 3.05) is 33.3 Å². The van der Waals surface area contributed by atoms with Crippen LogP contribution < -0.4 is 4.74 Å². The second kappa shape index (κ2) is 7.52. The normalized spacial score (nSPS) is 15.1. The Labute approximate surface area is 150 Å². The average molecular weight is 359 g/mol. The number of hydrogen-bond donors (Lipinski definition) is 1. The van der Waals surface area contributed by atoms with Crippen molar-refractivity contribution in [3.05, 3.63) is 51.2 Å². The number of nitrogens with zero attached hydrogens (tertiary/aromatic N) is 4. The topological polar surface area (TPSA) is 105 Å². The molecule has 0 radical (unpaired) electrons. The van der Waals surface area contributed by atoms with Gasteiger partial charge in [-0.2, -0.15) is 0 Å². The maximum atomic E-state index is 12.6. The van der Waals surface area contributed by atoms with Crippen molar-refractivity contribution < 1.29 is 14.5 Å². The van der Waals surface area contributed by atoms with Crippen LogP contribution in [0.15, 0.2) is 24.3 Å². The molecule has 26 heavy (non-hydrogen) atoms. The van der Waals surface area contributed by atoms with Crippen LogP contribution >= 0.6 is 0 Å². The predicted octanol–water partition coefficient (Wildman–Crippen LogP) is 1.59. The first kappa shape index (κ1) is 17.9. The zero-order chi connectivity index (χ0) is 18.7. The summed E-state index contributed by atoms with van der Waals surface area (Å²) >= 11 is 0. The highest BCUT2D eigenvalue weighted by Gasteiger charge is 2.33. The van der Waals surface area contributed by atoms with E-state index in [1.807, 2.05) is 12.1 Å². The Hall–Kier alpha value is -2.94. The smallest absolute Gasteiger partial charge is 0.362 e. The first-order valence-corrected chi connectivity index (χ1v) is 8.34. The van der Waals surface area contributed by atoms with E-state index in [1.54, 1.807) is 4.90 Å². The maximum Gasteiger partial charge on any atom is 0.362 e. The van der Waals surface area contributed by atoms with Crippen LogP contribution in [0.3, 0.4) is 0 Å². The molecular weight excluding hydrogens is 338 g/mol. The fraction of sp³-hybridized carbons (Fsp3) is 0.412. The summed E-state index contributed by atoms with van der Waals surface area (Å²) in [6.45, 7) is 5.33. The van der Waals surface area contributed by atoms with Crippen molar-refractivity contribution in [1.82, 2.24) is 20.0 Å². The number of carbonyl (C=O) groups excluding carboxylic acids is 1. The van der Waals surface area contributed by atoms with Crippen LogP contribution in [-0.4, -0.2) is 64.1 Å². The summed E-state index contributed by atoms with van der Waals surface area (Å²) in [6, 6.07) is 8.22. The number of ether oxygens (including phenoxy) is 1. The van der Waals surface area contributed by atoms with Gasteiger partial charge in [0.15, 0.2) is 0 Å². The third-order valence-electron chi connectivity index (χ3n) is 4.61. The number of piperazine rings is 1. The van der Waals surface area contributed by atoms with Crippen LogP contribution in [0.2, 0.25) is 0 Å². The molecule has 0 atom stereocenters. The van der Waals surface area contributed by atoms with Gasteiger partial charge in [-0.3, -0.25) is 24.9 Å². The molecule has 1 aromatic heterocycles. The summed E-state index contributed by atoms with van der Waals surface area (Å²) in [5.74, 6) is -0.611. The molecule has 1 amide bonds. The lowest BCUT2D eigenvalue weighted by atomic mass is 10.1. The molecule has 1 saturated heterocycles. The van der Waals surface area contributed by atoms with Crippen molar-refractivity contribution in [3.63, 3.8) is 0 Å². The number of H-pyrrole nitrogens is 1. The third kappa shape index (κ3) is 3.52. The number of hydrogen-bond acceptors (Lipinski definition) is 6. The lowest BCUT2D eigenvalue weighted by Gasteiger charge is -2.34. The number of aryl methyl sites for hydroxylation is 1. The summed E-state index contributed by atoms with van der Waals surface area (Å²) in [6.07, 6.45) is 0. The van der Waals surface area contributed by atoms with Gasteiger partial charge in [0.25, 0.3) is 5.91 Å². The number of aromatic nitrogens is 2. The van der Waals surface area contributed by atoms with E-state index in [2.05, 4.69) is 34.2 Å². The zero-order valence-corrected chi connectivity index (χ0v) is 14.8. The minimum absolute atomic E-state index is 0.140. The summed E-state index contributed by atoms with van der Waals surface area (Å²) < 4.78 is 4.86. The van der Waals surface area contributed by atoms with Gasteiger partial charge < -0.3 is 9.64 Å². The van der Waals surface area contributed by atoms with E-state index in [1.165, 1.54) is 18.2 Å². The van der Waals surface area contributed by atoms with E-state index in [0.29, 0.717) is 26.2 Å². The van der Waals surface area contributed by atoms with Gasteiger partial charge in [0.05, 0.1) is 12.0 Å². The van der Waals surface area contributed by atoms with Gasteiger partial charge >= 0.3 is 11.6 Å². The molecule has 2 heterocycles. The second-order valence-electron chi connectivity index (χ2n) is 6.21. The first-order valence-electron chi connectivity index (χ1n) is 8.34. The van der Waals surface area contributed by atoms with Gasteiger partial charge in [0, 0.05) is 32.7 Å². The fourth-order valence-corrected chi connectivity index (χ4v) is 3.08. The van der Waals surface area contributed by atoms with Crippen LogP contribution in [0, 0.1) is 17.0 Å². The number of rotatable bonds is 5. The van der Waals surface area contributed by atoms with Crippen LogP contribution in [0.5, 0.6) is 5.88 Å². The lowest BCUT2D eigenvalue weighted by molar-refractivity contribution is -0.386. The first-order chi connectivity index (χ1) is 12.5. The van der Waals surface area contributed by atoms with Gasteiger partial charge in [-0.15, -0.1) is 5.10 Å². The molecule has 0 bridgehead atoms. The fourth-order valence-electron chi connectivity index (χ4n) is 3.08. The van der Waals surface area contributed by atoms with Gasteiger partial charge in [0.1, 0.15) is 0 Å². The van der Waals surface area contributed by atoms with E-state index >= 15 is 0 Å². The molecule has 0 spiro atoms.